The topological polar surface area (TPSA) is 95.5 Å². The highest BCUT2D eigenvalue weighted by atomic mass is 19.1. The Morgan fingerprint density at radius 1 is 1.32 bits per heavy atom. The van der Waals surface area contributed by atoms with Gasteiger partial charge in [0.05, 0.1) is 11.8 Å². The van der Waals surface area contributed by atoms with Gasteiger partial charge in [-0.15, -0.1) is 0 Å². The summed E-state index contributed by atoms with van der Waals surface area (Å²) in [4.78, 5) is 34.8. The van der Waals surface area contributed by atoms with E-state index in [9.17, 15) is 18.8 Å². The minimum atomic E-state index is -0.858. The Morgan fingerprint density at radius 2 is 2.05 bits per heavy atom. The van der Waals surface area contributed by atoms with Crippen LogP contribution in [0.4, 0.5) is 10.1 Å². The predicted octanol–water partition coefficient (Wildman–Crippen LogP) is 1.23. The van der Waals surface area contributed by atoms with Crippen molar-refractivity contribution in [2.24, 2.45) is 5.92 Å². The molecule has 1 saturated carbocycles. The lowest BCUT2D eigenvalue weighted by molar-refractivity contribution is -0.146. The first kappa shape index (κ1) is 14.5. The molecule has 0 radical (unpaired) electrons. The van der Waals surface area contributed by atoms with E-state index in [4.69, 9.17) is 5.11 Å². The molecular weight excluding hydrogens is 291 g/mol. The molecule has 1 unspecified atom stereocenters. The molecule has 2 amide bonds. The summed E-state index contributed by atoms with van der Waals surface area (Å²) >= 11 is 0. The monoisotopic (exact) mass is 306 g/mol. The maximum atomic E-state index is 13.2. The van der Waals surface area contributed by atoms with Gasteiger partial charge in [-0.05, 0) is 30.5 Å². The van der Waals surface area contributed by atoms with Crippen molar-refractivity contribution in [2.75, 3.05) is 5.32 Å². The van der Waals surface area contributed by atoms with E-state index in [2.05, 4.69) is 10.6 Å². The van der Waals surface area contributed by atoms with Gasteiger partial charge >= 0.3 is 5.97 Å². The molecule has 0 aromatic heterocycles. The summed E-state index contributed by atoms with van der Waals surface area (Å²) < 4.78 is 13.2. The van der Waals surface area contributed by atoms with Crippen LogP contribution in [0.25, 0.3) is 0 Å². The fourth-order valence-corrected chi connectivity index (χ4v) is 2.91. The number of halogens is 1. The average Bonchev–Trinajstić information content (AvgIpc) is 2.40. The molecule has 22 heavy (non-hydrogen) atoms. The van der Waals surface area contributed by atoms with Gasteiger partial charge in [0, 0.05) is 18.2 Å². The Kier molecular flexibility index (Phi) is 3.56. The summed E-state index contributed by atoms with van der Waals surface area (Å²) in [6.07, 6.45) is 0.798. The van der Waals surface area contributed by atoms with Crippen LogP contribution in [0.1, 0.15) is 30.7 Å². The van der Waals surface area contributed by atoms with E-state index in [1.807, 2.05) is 0 Å². The Balaban J connectivity index is 1.71. The quantitative estimate of drug-likeness (QED) is 0.782. The van der Waals surface area contributed by atoms with E-state index in [0.29, 0.717) is 24.1 Å². The zero-order valence-electron chi connectivity index (χ0n) is 11.6. The van der Waals surface area contributed by atoms with E-state index >= 15 is 0 Å². The zero-order chi connectivity index (χ0) is 15.9. The molecule has 7 heteroatoms. The molecule has 1 atom stereocenters. The molecule has 0 bridgehead atoms. The summed E-state index contributed by atoms with van der Waals surface area (Å²) in [5.74, 6) is -3.09. The second kappa shape index (κ2) is 5.40. The number of anilines is 1. The van der Waals surface area contributed by atoms with Crippen LogP contribution in [0.5, 0.6) is 0 Å². The Hall–Kier alpha value is -2.44. The van der Waals surface area contributed by atoms with Gasteiger partial charge in [0.1, 0.15) is 5.82 Å². The van der Waals surface area contributed by atoms with Crippen LogP contribution < -0.4 is 10.6 Å². The molecule has 1 heterocycles. The van der Waals surface area contributed by atoms with Gasteiger partial charge in [-0.1, -0.05) is 6.07 Å². The number of nitrogens with one attached hydrogen (secondary N) is 2. The lowest BCUT2D eigenvalue weighted by atomic mass is 9.79. The number of carboxylic acid groups (broad SMARTS) is 1. The molecule has 2 aliphatic rings. The number of carbonyl (C=O) groups is 3. The average molecular weight is 306 g/mol. The number of fused-ring (bicyclic) bond motifs is 1. The van der Waals surface area contributed by atoms with Crippen LogP contribution in [-0.4, -0.2) is 28.9 Å². The fraction of sp³-hybridized carbons (Fsp3) is 0.400. The molecule has 116 valence electrons. The summed E-state index contributed by atoms with van der Waals surface area (Å²) in [6, 6.07) is 3.76. The van der Waals surface area contributed by atoms with Crippen molar-refractivity contribution in [3.8, 4) is 0 Å². The molecule has 3 rings (SSSR count). The summed E-state index contributed by atoms with van der Waals surface area (Å²) in [5, 5.41) is 14.1. The number of carboxylic acids is 1. The third-order valence-electron chi connectivity index (χ3n) is 4.20. The second-order valence-electron chi connectivity index (χ2n) is 5.75. The van der Waals surface area contributed by atoms with Gasteiger partial charge in [0.2, 0.25) is 11.8 Å². The summed E-state index contributed by atoms with van der Waals surface area (Å²) in [6.45, 7) is 0. The second-order valence-corrected chi connectivity index (χ2v) is 5.75. The lowest BCUT2D eigenvalue weighted by Crippen LogP contribution is -2.48. The van der Waals surface area contributed by atoms with Crippen LogP contribution in [0, 0.1) is 11.7 Å². The maximum Gasteiger partial charge on any atom is 0.306 e. The number of rotatable bonds is 3. The summed E-state index contributed by atoms with van der Waals surface area (Å²) in [7, 11) is 0. The van der Waals surface area contributed by atoms with E-state index in [-0.39, 0.29) is 24.3 Å². The van der Waals surface area contributed by atoms with Crippen molar-refractivity contribution in [1.29, 1.82) is 0 Å². The van der Waals surface area contributed by atoms with Gasteiger partial charge in [-0.3, -0.25) is 14.4 Å². The molecule has 1 aromatic carbocycles. The molecule has 0 spiro atoms. The number of hydrogen-bond acceptors (Lipinski definition) is 3. The fourth-order valence-electron chi connectivity index (χ4n) is 2.91. The highest BCUT2D eigenvalue weighted by Gasteiger charge is 2.38. The highest BCUT2D eigenvalue weighted by Crippen LogP contribution is 2.34. The van der Waals surface area contributed by atoms with Crippen molar-refractivity contribution in [3.05, 3.63) is 29.6 Å². The third-order valence-corrected chi connectivity index (χ3v) is 4.20. The van der Waals surface area contributed by atoms with Crippen molar-refractivity contribution in [3.63, 3.8) is 0 Å². The first-order chi connectivity index (χ1) is 10.4. The highest BCUT2D eigenvalue weighted by molar-refractivity contribution is 6.01. The minimum absolute atomic E-state index is 0.000452. The standard InChI is InChI=1S/C15H15FN2O4/c16-8-1-2-10-11(6-13(19)18-12(10)5-8)14(20)17-9-3-7(4-9)15(21)22/h1-2,5,7,9,11H,3-4,6H2,(H,17,20)(H,18,19)(H,21,22). The molecule has 6 nitrogen and oxygen atoms in total. The van der Waals surface area contributed by atoms with Gasteiger partial charge < -0.3 is 15.7 Å². The van der Waals surface area contributed by atoms with E-state index in [0.717, 1.165) is 0 Å². The Labute approximate surface area is 125 Å². The van der Waals surface area contributed by atoms with Crippen molar-refractivity contribution < 1.29 is 23.9 Å². The van der Waals surface area contributed by atoms with Gasteiger partial charge in [0.15, 0.2) is 0 Å². The number of amides is 2. The number of benzene rings is 1. The van der Waals surface area contributed by atoms with Crippen molar-refractivity contribution >= 4 is 23.5 Å². The summed E-state index contributed by atoms with van der Waals surface area (Å²) in [5.41, 5.74) is 0.890. The van der Waals surface area contributed by atoms with Crippen LogP contribution in [-0.2, 0) is 14.4 Å². The van der Waals surface area contributed by atoms with Gasteiger partial charge in [0.25, 0.3) is 0 Å². The zero-order valence-corrected chi connectivity index (χ0v) is 11.6. The molecule has 0 saturated heterocycles. The lowest BCUT2D eigenvalue weighted by Gasteiger charge is -2.34. The van der Waals surface area contributed by atoms with Crippen LogP contribution in [0.2, 0.25) is 0 Å². The van der Waals surface area contributed by atoms with E-state index < -0.39 is 23.6 Å². The Morgan fingerprint density at radius 3 is 2.73 bits per heavy atom. The largest absolute Gasteiger partial charge is 0.481 e. The van der Waals surface area contributed by atoms with Gasteiger partial charge in [-0.25, -0.2) is 4.39 Å². The van der Waals surface area contributed by atoms with Crippen LogP contribution in [0.3, 0.4) is 0 Å². The van der Waals surface area contributed by atoms with Crippen molar-refractivity contribution in [1.82, 2.24) is 5.32 Å². The van der Waals surface area contributed by atoms with Crippen LogP contribution in [0.15, 0.2) is 18.2 Å². The molecular formula is C15H15FN2O4. The number of carbonyl (C=O) groups excluding carboxylic acids is 2. The molecule has 1 fully saturated rings. The van der Waals surface area contributed by atoms with Crippen molar-refractivity contribution in [2.45, 2.75) is 31.2 Å². The number of hydrogen-bond donors (Lipinski definition) is 3. The maximum absolute atomic E-state index is 13.2. The normalized spacial score (nSPS) is 26.4. The third kappa shape index (κ3) is 2.66. The van der Waals surface area contributed by atoms with E-state index in [1.165, 1.54) is 18.2 Å². The molecule has 1 aliphatic carbocycles. The van der Waals surface area contributed by atoms with Gasteiger partial charge in [-0.2, -0.15) is 0 Å². The van der Waals surface area contributed by atoms with E-state index in [1.54, 1.807) is 0 Å². The molecule has 3 N–H and O–H groups in total. The van der Waals surface area contributed by atoms with Crippen LogP contribution >= 0.6 is 0 Å². The predicted molar refractivity (Wildman–Crippen MR) is 74.7 cm³/mol. The minimum Gasteiger partial charge on any atom is -0.481 e. The number of aliphatic carboxylic acids is 1. The molecule has 1 aromatic rings. The first-order valence-corrected chi connectivity index (χ1v) is 7.06. The Bertz CT molecular complexity index is 655. The molecule has 1 aliphatic heterocycles. The SMILES string of the molecule is O=C1CC(C(=O)NC2CC(C(=O)O)C2)c2ccc(F)cc2N1. The first-order valence-electron chi connectivity index (χ1n) is 7.06. The smallest absolute Gasteiger partial charge is 0.306 e.